The molecule has 1 aromatic carbocycles. The molecule has 1 saturated heterocycles. The summed E-state index contributed by atoms with van der Waals surface area (Å²) in [6.07, 6.45) is 0. The van der Waals surface area contributed by atoms with E-state index in [1.807, 2.05) is 26.8 Å². The molecule has 2 aromatic rings. The van der Waals surface area contributed by atoms with E-state index < -0.39 is 5.60 Å². The van der Waals surface area contributed by atoms with Crippen LogP contribution in [0.5, 0.6) is 0 Å². The van der Waals surface area contributed by atoms with Crippen molar-refractivity contribution >= 4 is 29.9 Å². The summed E-state index contributed by atoms with van der Waals surface area (Å²) in [5, 5.41) is 17.5. The zero-order chi connectivity index (χ0) is 22.3. The highest BCUT2D eigenvalue weighted by Gasteiger charge is 2.27. The van der Waals surface area contributed by atoms with Gasteiger partial charge in [-0.25, -0.2) is 4.99 Å². The summed E-state index contributed by atoms with van der Waals surface area (Å²) in [6.45, 7) is 13.7. The zero-order valence-corrected chi connectivity index (χ0v) is 21.9. The van der Waals surface area contributed by atoms with Gasteiger partial charge in [-0.3, -0.25) is 4.90 Å². The molecule has 0 aliphatic carbocycles. The van der Waals surface area contributed by atoms with Crippen LogP contribution < -0.4 is 10.6 Å². The molecule has 0 saturated carbocycles. The van der Waals surface area contributed by atoms with E-state index in [1.165, 1.54) is 5.56 Å². The summed E-state index contributed by atoms with van der Waals surface area (Å²) in [4.78, 5) is 7.14. The SMILES string of the molecule is CCNC(=NCc1cccc(CN2CCOCC2)c1)NCC(C)(O)c1cc(C)oc1C.I. The Morgan fingerprint density at radius 3 is 2.53 bits per heavy atom. The number of aryl methyl sites for hydroxylation is 2. The van der Waals surface area contributed by atoms with Crippen LogP contribution in [0.2, 0.25) is 0 Å². The molecule has 1 aromatic heterocycles. The topological polar surface area (TPSA) is 82.3 Å². The molecule has 1 aliphatic heterocycles. The third kappa shape index (κ3) is 7.75. The molecule has 7 nitrogen and oxygen atoms in total. The second-order valence-electron chi connectivity index (χ2n) is 8.36. The van der Waals surface area contributed by atoms with Crippen molar-refractivity contribution in [3.63, 3.8) is 0 Å². The molecular weight excluding hydrogens is 519 g/mol. The standard InChI is InChI=1S/C24H36N4O3.HI/c1-5-25-23(27-17-24(4,29)22-13-18(2)31-19(22)3)26-15-20-7-6-8-21(14-20)16-28-9-11-30-12-10-28;/h6-8,13-14,29H,5,9-12,15-17H2,1-4H3,(H2,25,26,27);1H. The summed E-state index contributed by atoms with van der Waals surface area (Å²) in [7, 11) is 0. The molecule has 1 fully saturated rings. The second kappa shape index (κ2) is 12.6. The van der Waals surface area contributed by atoms with Crippen LogP contribution in [0.4, 0.5) is 0 Å². The second-order valence-corrected chi connectivity index (χ2v) is 8.36. The number of ether oxygens (including phenoxy) is 1. The molecule has 0 radical (unpaired) electrons. The van der Waals surface area contributed by atoms with Crippen LogP contribution in [0.1, 0.15) is 42.1 Å². The van der Waals surface area contributed by atoms with Gasteiger partial charge in [0.25, 0.3) is 0 Å². The van der Waals surface area contributed by atoms with Crippen LogP contribution in [-0.2, 0) is 23.4 Å². The fourth-order valence-corrected chi connectivity index (χ4v) is 3.87. The van der Waals surface area contributed by atoms with Gasteiger partial charge in [-0.15, -0.1) is 24.0 Å². The number of aliphatic imine (C=N–C) groups is 1. The highest BCUT2D eigenvalue weighted by Crippen LogP contribution is 2.26. The number of hydrogen-bond acceptors (Lipinski definition) is 5. The maximum Gasteiger partial charge on any atom is 0.191 e. The largest absolute Gasteiger partial charge is 0.466 e. The van der Waals surface area contributed by atoms with Crippen LogP contribution in [0.15, 0.2) is 39.7 Å². The van der Waals surface area contributed by atoms with Gasteiger partial charge in [-0.1, -0.05) is 24.3 Å². The van der Waals surface area contributed by atoms with Gasteiger partial charge in [0.05, 0.1) is 26.3 Å². The van der Waals surface area contributed by atoms with Gasteiger partial charge >= 0.3 is 0 Å². The Morgan fingerprint density at radius 2 is 1.88 bits per heavy atom. The molecule has 178 valence electrons. The van der Waals surface area contributed by atoms with E-state index in [-0.39, 0.29) is 24.0 Å². The first-order valence-electron chi connectivity index (χ1n) is 11.1. The molecule has 3 rings (SSSR count). The van der Waals surface area contributed by atoms with E-state index in [9.17, 15) is 5.11 Å². The quantitative estimate of drug-likeness (QED) is 0.263. The van der Waals surface area contributed by atoms with E-state index in [0.29, 0.717) is 19.0 Å². The van der Waals surface area contributed by atoms with E-state index in [1.54, 1.807) is 6.92 Å². The van der Waals surface area contributed by atoms with Crippen molar-refractivity contribution in [2.24, 2.45) is 4.99 Å². The predicted molar refractivity (Wildman–Crippen MR) is 139 cm³/mol. The lowest BCUT2D eigenvalue weighted by Gasteiger charge is -2.26. The van der Waals surface area contributed by atoms with Gasteiger partial charge in [-0.05, 0) is 44.9 Å². The predicted octanol–water partition coefficient (Wildman–Crippen LogP) is 3.31. The average molecular weight is 556 g/mol. The number of nitrogens with one attached hydrogen (secondary N) is 2. The maximum atomic E-state index is 11.0. The van der Waals surface area contributed by atoms with Gasteiger partial charge in [0.15, 0.2) is 5.96 Å². The first kappa shape index (κ1) is 26.6. The monoisotopic (exact) mass is 556 g/mol. The van der Waals surface area contributed by atoms with E-state index >= 15 is 0 Å². The van der Waals surface area contributed by atoms with Crippen LogP contribution in [0.3, 0.4) is 0 Å². The number of aliphatic hydroxyl groups is 1. The first-order valence-corrected chi connectivity index (χ1v) is 11.1. The van der Waals surface area contributed by atoms with Gasteiger partial charge in [0.1, 0.15) is 17.1 Å². The van der Waals surface area contributed by atoms with Gasteiger partial charge in [-0.2, -0.15) is 0 Å². The summed E-state index contributed by atoms with van der Waals surface area (Å²) in [6, 6.07) is 10.5. The Labute approximate surface area is 208 Å². The molecule has 8 heteroatoms. The molecule has 32 heavy (non-hydrogen) atoms. The minimum atomic E-state index is -1.06. The zero-order valence-electron chi connectivity index (χ0n) is 19.6. The Kier molecular flexibility index (Phi) is 10.5. The minimum Gasteiger partial charge on any atom is -0.466 e. The third-order valence-electron chi connectivity index (χ3n) is 5.49. The van der Waals surface area contributed by atoms with Crippen molar-refractivity contribution in [3.05, 3.63) is 58.5 Å². The van der Waals surface area contributed by atoms with Crippen molar-refractivity contribution in [2.45, 2.75) is 46.4 Å². The normalized spacial score (nSPS) is 16.8. The Bertz CT molecular complexity index is 876. The molecule has 0 bridgehead atoms. The molecule has 1 atom stereocenters. The average Bonchev–Trinajstić information content (AvgIpc) is 3.10. The van der Waals surface area contributed by atoms with Crippen molar-refractivity contribution in [3.8, 4) is 0 Å². The number of rotatable bonds is 8. The van der Waals surface area contributed by atoms with Crippen molar-refractivity contribution in [2.75, 3.05) is 39.4 Å². The number of guanidine groups is 1. The Morgan fingerprint density at radius 1 is 1.16 bits per heavy atom. The lowest BCUT2D eigenvalue weighted by molar-refractivity contribution is 0.0342. The maximum absolute atomic E-state index is 11.0. The van der Waals surface area contributed by atoms with E-state index in [2.05, 4.69) is 39.8 Å². The van der Waals surface area contributed by atoms with Crippen LogP contribution in [0, 0.1) is 13.8 Å². The third-order valence-corrected chi connectivity index (χ3v) is 5.49. The highest BCUT2D eigenvalue weighted by atomic mass is 127. The molecule has 3 N–H and O–H groups in total. The number of morpholine rings is 1. The number of nitrogens with zero attached hydrogens (tertiary/aromatic N) is 2. The molecule has 1 unspecified atom stereocenters. The Hall–Kier alpha value is -1.62. The summed E-state index contributed by atoms with van der Waals surface area (Å²) >= 11 is 0. The lowest BCUT2D eigenvalue weighted by atomic mass is 9.96. The molecule has 0 amide bonds. The van der Waals surface area contributed by atoms with Crippen LogP contribution >= 0.6 is 24.0 Å². The van der Waals surface area contributed by atoms with Gasteiger partial charge in [0.2, 0.25) is 0 Å². The van der Waals surface area contributed by atoms with Gasteiger partial charge in [0, 0.05) is 31.7 Å². The minimum absolute atomic E-state index is 0. The van der Waals surface area contributed by atoms with Crippen molar-refractivity contribution in [1.29, 1.82) is 0 Å². The molecular formula is C24H37IN4O3. The van der Waals surface area contributed by atoms with Crippen molar-refractivity contribution < 1.29 is 14.3 Å². The number of halogens is 1. The first-order chi connectivity index (χ1) is 14.9. The number of furan rings is 1. The molecule has 2 heterocycles. The summed E-state index contributed by atoms with van der Waals surface area (Å²) in [5.41, 5.74) is 2.19. The fraction of sp³-hybridized carbons (Fsp3) is 0.542. The number of benzene rings is 1. The van der Waals surface area contributed by atoms with Crippen molar-refractivity contribution in [1.82, 2.24) is 15.5 Å². The van der Waals surface area contributed by atoms with Crippen LogP contribution in [-0.4, -0.2) is 55.4 Å². The van der Waals surface area contributed by atoms with Crippen LogP contribution in [0.25, 0.3) is 0 Å². The Balaban J connectivity index is 0.00000363. The number of hydrogen-bond donors (Lipinski definition) is 3. The lowest BCUT2D eigenvalue weighted by Crippen LogP contribution is -2.44. The summed E-state index contributed by atoms with van der Waals surface area (Å²) < 4.78 is 11.0. The molecule has 1 aliphatic rings. The highest BCUT2D eigenvalue weighted by molar-refractivity contribution is 14.0. The van der Waals surface area contributed by atoms with E-state index in [0.717, 1.165) is 62.0 Å². The smallest absolute Gasteiger partial charge is 0.191 e. The van der Waals surface area contributed by atoms with E-state index in [4.69, 9.17) is 14.1 Å². The molecule has 0 spiro atoms. The fourth-order valence-electron chi connectivity index (χ4n) is 3.87. The summed E-state index contributed by atoms with van der Waals surface area (Å²) in [5.74, 6) is 2.22. The van der Waals surface area contributed by atoms with Gasteiger partial charge < -0.3 is 24.9 Å².